The summed E-state index contributed by atoms with van der Waals surface area (Å²) in [6.45, 7) is 0. The van der Waals surface area contributed by atoms with Gasteiger partial charge in [-0.15, -0.1) is 10.2 Å². The third-order valence-electron chi connectivity index (χ3n) is 3.37. The minimum Gasteiger partial charge on any atom is -0.270 e. The lowest BCUT2D eigenvalue weighted by molar-refractivity contribution is 0.603. The van der Waals surface area contributed by atoms with E-state index in [-0.39, 0.29) is 5.75 Å². The first-order valence-electron chi connectivity index (χ1n) is 7.41. The fourth-order valence-corrected chi connectivity index (χ4v) is 4.38. The van der Waals surface area contributed by atoms with Crippen molar-refractivity contribution in [3.63, 3.8) is 0 Å². The van der Waals surface area contributed by atoms with Crippen LogP contribution in [0.5, 0.6) is 0 Å². The molecule has 0 fully saturated rings. The molecule has 24 heavy (non-hydrogen) atoms. The van der Waals surface area contributed by atoms with Gasteiger partial charge in [0.15, 0.2) is 11.0 Å². The number of aromatic nitrogens is 3. The summed E-state index contributed by atoms with van der Waals surface area (Å²) in [4.78, 5) is 0. The lowest BCUT2D eigenvalue weighted by atomic mass is 10.2. The van der Waals surface area contributed by atoms with Gasteiger partial charge in [-0.2, -0.15) is 0 Å². The summed E-state index contributed by atoms with van der Waals surface area (Å²) in [5.41, 5.74) is 1.91. The summed E-state index contributed by atoms with van der Waals surface area (Å²) in [6.07, 6.45) is 1.24. The number of nitrogens with zero attached hydrogens (tertiary/aromatic N) is 3. The molecule has 0 saturated carbocycles. The van der Waals surface area contributed by atoms with E-state index in [1.54, 1.807) is 0 Å². The predicted octanol–water partition coefficient (Wildman–Crippen LogP) is 3.07. The molecule has 7 heteroatoms. The van der Waals surface area contributed by atoms with Crippen LogP contribution in [-0.4, -0.2) is 40.9 Å². The highest BCUT2D eigenvalue weighted by Crippen LogP contribution is 2.27. The molecule has 0 saturated heterocycles. The molecule has 0 aliphatic carbocycles. The van der Waals surface area contributed by atoms with Crippen molar-refractivity contribution in [1.82, 2.24) is 14.8 Å². The van der Waals surface area contributed by atoms with Gasteiger partial charge in [-0.3, -0.25) is 4.57 Å². The van der Waals surface area contributed by atoms with E-state index in [1.807, 2.05) is 65.2 Å². The molecule has 0 bridgehead atoms. The smallest absolute Gasteiger partial charge is 0.196 e. The molecule has 0 unspecified atom stereocenters. The van der Waals surface area contributed by atoms with Crippen LogP contribution in [-0.2, 0) is 9.84 Å². The summed E-state index contributed by atoms with van der Waals surface area (Å²) in [6, 6.07) is 19.6. The molecular weight excluding hydrogens is 342 g/mol. The lowest BCUT2D eigenvalue weighted by Gasteiger charge is -2.10. The van der Waals surface area contributed by atoms with Crippen LogP contribution in [0.15, 0.2) is 65.8 Å². The zero-order chi connectivity index (χ0) is 17.0. The van der Waals surface area contributed by atoms with Crippen LogP contribution in [0.4, 0.5) is 0 Å². The van der Waals surface area contributed by atoms with Gasteiger partial charge in [-0.05, 0) is 12.1 Å². The van der Waals surface area contributed by atoms with Gasteiger partial charge in [0.05, 0.1) is 5.75 Å². The van der Waals surface area contributed by atoms with Crippen molar-refractivity contribution in [1.29, 1.82) is 0 Å². The van der Waals surface area contributed by atoms with E-state index in [0.717, 1.165) is 17.1 Å². The maximum Gasteiger partial charge on any atom is 0.196 e. The maximum absolute atomic E-state index is 11.3. The highest BCUT2D eigenvalue weighted by molar-refractivity contribution is 8.00. The second kappa shape index (κ2) is 7.19. The van der Waals surface area contributed by atoms with Gasteiger partial charge in [0.2, 0.25) is 0 Å². The van der Waals surface area contributed by atoms with Crippen LogP contribution in [0.25, 0.3) is 17.1 Å². The SMILES string of the molecule is CS(=O)(=O)CCSc1nnc(-c2ccccc2)n1-c1ccccc1. The van der Waals surface area contributed by atoms with Crippen molar-refractivity contribution < 1.29 is 8.42 Å². The van der Waals surface area contributed by atoms with E-state index in [2.05, 4.69) is 10.2 Å². The van der Waals surface area contributed by atoms with E-state index in [0.29, 0.717) is 10.9 Å². The Morgan fingerprint density at radius 3 is 2.21 bits per heavy atom. The standard InChI is InChI=1S/C17H17N3O2S2/c1-24(21,22)13-12-23-17-19-18-16(14-8-4-2-5-9-14)20(17)15-10-6-3-7-11-15/h2-11H,12-13H2,1H3. The molecule has 1 heterocycles. The third kappa shape index (κ3) is 4.04. The number of para-hydroxylation sites is 1. The molecule has 124 valence electrons. The Morgan fingerprint density at radius 1 is 0.958 bits per heavy atom. The Balaban J connectivity index is 1.99. The quantitative estimate of drug-likeness (QED) is 0.633. The van der Waals surface area contributed by atoms with Crippen molar-refractivity contribution in [2.45, 2.75) is 5.16 Å². The molecule has 0 aliphatic rings. The topological polar surface area (TPSA) is 64.8 Å². The zero-order valence-electron chi connectivity index (χ0n) is 13.2. The van der Waals surface area contributed by atoms with Gasteiger partial charge < -0.3 is 0 Å². The summed E-state index contributed by atoms with van der Waals surface area (Å²) >= 11 is 1.39. The van der Waals surface area contributed by atoms with E-state index < -0.39 is 9.84 Å². The molecule has 3 aromatic rings. The van der Waals surface area contributed by atoms with Gasteiger partial charge in [0, 0.05) is 23.3 Å². The summed E-state index contributed by atoms with van der Waals surface area (Å²) in [5.74, 6) is 1.29. The number of hydrogen-bond acceptors (Lipinski definition) is 5. The Bertz CT molecular complexity index is 908. The van der Waals surface area contributed by atoms with Gasteiger partial charge >= 0.3 is 0 Å². The average Bonchev–Trinajstić information content (AvgIpc) is 2.99. The molecule has 0 amide bonds. The van der Waals surface area contributed by atoms with Crippen LogP contribution in [0.1, 0.15) is 0 Å². The van der Waals surface area contributed by atoms with Crippen LogP contribution >= 0.6 is 11.8 Å². The van der Waals surface area contributed by atoms with Crippen molar-refractivity contribution in [3.8, 4) is 17.1 Å². The third-order valence-corrected chi connectivity index (χ3v) is 5.50. The van der Waals surface area contributed by atoms with Gasteiger partial charge in [-0.25, -0.2) is 8.42 Å². The molecule has 0 atom stereocenters. The zero-order valence-corrected chi connectivity index (χ0v) is 14.8. The number of hydrogen-bond donors (Lipinski definition) is 0. The molecule has 1 aromatic heterocycles. The minimum atomic E-state index is -3.00. The maximum atomic E-state index is 11.3. The second-order valence-electron chi connectivity index (χ2n) is 5.32. The lowest BCUT2D eigenvalue weighted by Crippen LogP contribution is -2.06. The number of thioether (sulfide) groups is 1. The van der Waals surface area contributed by atoms with Gasteiger partial charge in [0.1, 0.15) is 9.84 Å². The first-order valence-corrected chi connectivity index (χ1v) is 10.5. The normalized spacial score (nSPS) is 11.5. The van der Waals surface area contributed by atoms with E-state index in [4.69, 9.17) is 0 Å². The Kier molecular flexibility index (Phi) is 5.01. The van der Waals surface area contributed by atoms with Crippen molar-refractivity contribution in [2.75, 3.05) is 17.8 Å². The largest absolute Gasteiger partial charge is 0.270 e. The second-order valence-corrected chi connectivity index (χ2v) is 8.64. The van der Waals surface area contributed by atoms with Crippen LogP contribution < -0.4 is 0 Å². The highest BCUT2D eigenvalue weighted by atomic mass is 32.2. The van der Waals surface area contributed by atoms with E-state index in [1.165, 1.54) is 18.0 Å². The van der Waals surface area contributed by atoms with Gasteiger partial charge in [-0.1, -0.05) is 60.3 Å². The fraction of sp³-hybridized carbons (Fsp3) is 0.176. The first-order chi connectivity index (χ1) is 11.5. The minimum absolute atomic E-state index is 0.111. The molecule has 5 nitrogen and oxygen atoms in total. The first kappa shape index (κ1) is 16.7. The monoisotopic (exact) mass is 359 g/mol. The van der Waals surface area contributed by atoms with Crippen LogP contribution in [0, 0.1) is 0 Å². The number of sulfone groups is 1. The van der Waals surface area contributed by atoms with Crippen LogP contribution in [0.2, 0.25) is 0 Å². The van der Waals surface area contributed by atoms with E-state index in [9.17, 15) is 8.42 Å². The van der Waals surface area contributed by atoms with Crippen LogP contribution in [0.3, 0.4) is 0 Å². The molecular formula is C17H17N3O2S2. The molecule has 2 aromatic carbocycles. The molecule has 0 radical (unpaired) electrons. The molecule has 0 aliphatic heterocycles. The number of rotatable bonds is 6. The van der Waals surface area contributed by atoms with E-state index >= 15 is 0 Å². The Hall–Kier alpha value is -2.12. The Labute approximate surface area is 145 Å². The fourth-order valence-electron chi connectivity index (χ4n) is 2.23. The average molecular weight is 359 g/mol. The predicted molar refractivity (Wildman–Crippen MR) is 97.2 cm³/mol. The summed E-state index contributed by atoms with van der Waals surface area (Å²) < 4.78 is 24.7. The molecule has 3 rings (SSSR count). The summed E-state index contributed by atoms with van der Waals surface area (Å²) in [5, 5.41) is 9.27. The van der Waals surface area contributed by atoms with Crippen molar-refractivity contribution in [2.24, 2.45) is 0 Å². The van der Waals surface area contributed by atoms with Gasteiger partial charge in [0.25, 0.3) is 0 Å². The summed E-state index contributed by atoms with van der Waals surface area (Å²) in [7, 11) is -3.00. The molecule has 0 spiro atoms. The highest BCUT2D eigenvalue weighted by Gasteiger charge is 2.16. The number of benzene rings is 2. The van der Waals surface area contributed by atoms with Crippen molar-refractivity contribution in [3.05, 3.63) is 60.7 Å². The van der Waals surface area contributed by atoms with Crippen molar-refractivity contribution >= 4 is 21.6 Å². The Morgan fingerprint density at radius 2 is 1.58 bits per heavy atom. The molecule has 0 N–H and O–H groups in total.